The lowest BCUT2D eigenvalue weighted by atomic mass is 10.0. The molecular formula is C34H61N3O13. The van der Waals surface area contributed by atoms with Crippen molar-refractivity contribution in [3.05, 3.63) is 0 Å². The van der Waals surface area contributed by atoms with Crippen LogP contribution in [-0.2, 0) is 47.7 Å². The van der Waals surface area contributed by atoms with Crippen LogP contribution in [0.25, 0.3) is 0 Å². The molecule has 0 saturated heterocycles. The molecule has 0 spiro atoms. The van der Waals surface area contributed by atoms with Crippen LogP contribution >= 0.6 is 0 Å². The average Bonchev–Trinajstić information content (AvgIpc) is 3.06. The summed E-state index contributed by atoms with van der Waals surface area (Å²) in [5.74, 6) is -3.98. The molecule has 0 aromatic rings. The molecule has 0 heterocycles. The summed E-state index contributed by atoms with van der Waals surface area (Å²) in [6.45, 7) is 1.10. The first-order valence-corrected chi connectivity index (χ1v) is 17.9. The standard InChI is InChI=1S/C34H61N3O13/c38-29(35-18-20-47-22-24-49-26-31(40)36-19-21-48-23-25-50-27-33(43)44)17-16-28(34(45)46)37-30(39)14-12-10-8-6-4-2-1-3-5-7-9-11-13-15-32(41)42/h28H,1-27H2,(H,35,38)(H,36,40)(H,37,39)(H,41,42)(H,43,44)(H,45,46)/t28-/m0/s1. The number of aliphatic carboxylic acids is 3. The molecule has 0 aliphatic rings. The Morgan fingerprint density at radius 3 is 1.36 bits per heavy atom. The van der Waals surface area contributed by atoms with E-state index in [4.69, 9.17) is 29.2 Å². The molecule has 0 aromatic heterocycles. The van der Waals surface area contributed by atoms with Crippen molar-refractivity contribution in [2.75, 3.05) is 65.9 Å². The molecule has 0 bridgehead atoms. The number of ether oxygens (including phenoxy) is 4. The first kappa shape index (κ1) is 46.7. The fraction of sp³-hybridized carbons (Fsp3) is 0.824. The van der Waals surface area contributed by atoms with Gasteiger partial charge in [0, 0.05) is 32.4 Å². The number of carbonyl (C=O) groups excluding carboxylic acids is 3. The number of unbranched alkanes of at least 4 members (excludes halogenated alkanes) is 12. The van der Waals surface area contributed by atoms with Crippen LogP contribution < -0.4 is 16.0 Å². The van der Waals surface area contributed by atoms with Crippen LogP contribution in [0.2, 0.25) is 0 Å². The number of hydrogen-bond acceptors (Lipinski definition) is 10. The van der Waals surface area contributed by atoms with Gasteiger partial charge in [0.1, 0.15) is 19.3 Å². The van der Waals surface area contributed by atoms with Gasteiger partial charge in [-0.25, -0.2) is 9.59 Å². The Bertz CT molecular complexity index is 936. The minimum Gasteiger partial charge on any atom is -0.481 e. The van der Waals surface area contributed by atoms with Crippen LogP contribution in [0.3, 0.4) is 0 Å². The lowest BCUT2D eigenvalue weighted by Crippen LogP contribution is -2.41. The molecule has 6 N–H and O–H groups in total. The van der Waals surface area contributed by atoms with Crippen LogP contribution in [-0.4, -0.2) is 123 Å². The van der Waals surface area contributed by atoms with Gasteiger partial charge in [0.25, 0.3) is 0 Å². The van der Waals surface area contributed by atoms with Gasteiger partial charge in [0.2, 0.25) is 17.7 Å². The number of nitrogens with one attached hydrogen (secondary N) is 3. The van der Waals surface area contributed by atoms with Gasteiger partial charge in [-0.05, 0) is 19.3 Å². The molecule has 3 amide bonds. The Balaban J connectivity index is 3.67. The third-order valence-corrected chi connectivity index (χ3v) is 7.43. The summed E-state index contributed by atoms with van der Waals surface area (Å²) in [5, 5.41) is 34.3. The second-order valence-corrected chi connectivity index (χ2v) is 11.9. The zero-order valence-corrected chi connectivity index (χ0v) is 29.6. The van der Waals surface area contributed by atoms with Crippen molar-refractivity contribution in [1.82, 2.24) is 16.0 Å². The quantitative estimate of drug-likeness (QED) is 0.0507. The topological polar surface area (TPSA) is 236 Å². The van der Waals surface area contributed by atoms with E-state index in [2.05, 4.69) is 16.0 Å². The van der Waals surface area contributed by atoms with E-state index in [-0.39, 0.29) is 109 Å². The molecule has 1 atom stereocenters. The number of rotatable bonds is 37. The molecule has 0 rings (SSSR count). The van der Waals surface area contributed by atoms with Crippen LogP contribution in [0.4, 0.5) is 0 Å². The van der Waals surface area contributed by atoms with E-state index in [0.717, 1.165) is 51.4 Å². The molecule has 16 nitrogen and oxygen atoms in total. The highest BCUT2D eigenvalue weighted by Crippen LogP contribution is 2.13. The second-order valence-electron chi connectivity index (χ2n) is 11.9. The van der Waals surface area contributed by atoms with Gasteiger partial charge >= 0.3 is 17.9 Å². The molecule has 0 radical (unpaired) electrons. The van der Waals surface area contributed by atoms with Gasteiger partial charge in [0.15, 0.2) is 0 Å². The SMILES string of the molecule is O=C(O)CCCCCCCCCCCCCCCC(=O)N[C@@H](CCC(=O)NCCOCCOCC(=O)NCCOCCOCC(=O)O)C(=O)O. The van der Waals surface area contributed by atoms with Crippen molar-refractivity contribution in [3.63, 3.8) is 0 Å². The van der Waals surface area contributed by atoms with E-state index < -0.39 is 23.9 Å². The van der Waals surface area contributed by atoms with Crippen molar-refractivity contribution in [2.24, 2.45) is 0 Å². The summed E-state index contributed by atoms with van der Waals surface area (Å²) in [6, 6.07) is -1.14. The minimum atomic E-state index is -1.19. The maximum absolute atomic E-state index is 12.2. The summed E-state index contributed by atoms with van der Waals surface area (Å²) in [7, 11) is 0. The van der Waals surface area contributed by atoms with Gasteiger partial charge in [0.05, 0.1) is 39.6 Å². The van der Waals surface area contributed by atoms with Gasteiger partial charge in [-0.1, -0.05) is 70.6 Å². The molecule has 0 aliphatic heterocycles. The van der Waals surface area contributed by atoms with Gasteiger partial charge in [-0.2, -0.15) is 0 Å². The highest BCUT2D eigenvalue weighted by Gasteiger charge is 2.20. The first-order valence-electron chi connectivity index (χ1n) is 17.9. The zero-order chi connectivity index (χ0) is 37.1. The fourth-order valence-electron chi connectivity index (χ4n) is 4.73. The Labute approximate surface area is 295 Å². The van der Waals surface area contributed by atoms with Crippen LogP contribution in [0.15, 0.2) is 0 Å². The highest BCUT2D eigenvalue weighted by atomic mass is 16.5. The van der Waals surface area contributed by atoms with Crippen molar-refractivity contribution in [1.29, 1.82) is 0 Å². The summed E-state index contributed by atoms with van der Waals surface area (Å²) < 4.78 is 20.5. The number of amides is 3. The second kappa shape index (κ2) is 34.1. The number of carboxylic acids is 3. The number of hydrogen-bond donors (Lipinski definition) is 6. The van der Waals surface area contributed by atoms with Crippen molar-refractivity contribution >= 4 is 35.6 Å². The summed E-state index contributed by atoms with van der Waals surface area (Å²) in [5.41, 5.74) is 0. The van der Waals surface area contributed by atoms with E-state index in [9.17, 15) is 33.9 Å². The third kappa shape index (κ3) is 34.5. The number of carboxylic acid groups (broad SMARTS) is 3. The van der Waals surface area contributed by atoms with E-state index in [0.29, 0.717) is 6.42 Å². The largest absolute Gasteiger partial charge is 0.481 e. The van der Waals surface area contributed by atoms with Crippen LogP contribution in [0.1, 0.15) is 109 Å². The molecule has 0 saturated carbocycles. The normalized spacial score (nSPS) is 11.5. The van der Waals surface area contributed by atoms with Crippen LogP contribution in [0.5, 0.6) is 0 Å². The Hall–Kier alpha value is -3.34. The van der Waals surface area contributed by atoms with E-state index >= 15 is 0 Å². The van der Waals surface area contributed by atoms with Crippen LogP contribution in [0, 0.1) is 0 Å². The van der Waals surface area contributed by atoms with Crippen molar-refractivity contribution in [2.45, 2.75) is 115 Å². The molecule has 0 aliphatic carbocycles. The third-order valence-electron chi connectivity index (χ3n) is 7.43. The summed E-state index contributed by atoms with van der Waals surface area (Å²) in [4.78, 5) is 68.4. The Kier molecular flexibility index (Phi) is 31.8. The monoisotopic (exact) mass is 719 g/mol. The Morgan fingerprint density at radius 2 is 0.880 bits per heavy atom. The molecular weight excluding hydrogens is 658 g/mol. The van der Waals surface area contributed by atoms with E-state index in [1.165, 1.54) is 25.7 Å². The lowest BCUT2D eigenvalue weighted by Gasteiger charge is -2.14. The number of carbonyl (C=O) groups is 6. The molecule has 0 fully saturated rings. The smallest absolute Gasteiger partial charge is 0.329 e. The predicted molar refractivity (Wildman–Crippen MR) is 183 cm³/mol. The van der Waals surface area contributed by atoms with Gasteiger partial charge in [-0.15, -0.1) is 0 Å². The zero-order valence-electron chi connectivity index (χ0n) is 29.6. The van der Waals surface area contributed by atoms with Gasteiger partial charge < -0.3 is 50.2 Å². The van der Waals surface area contributed by atoms with E-state index in [1.807, 2.05) is 0 Å². The minimum absolute atomic E-state index is 0.0261. The summed E-state index contributed by atoms with van der Waals surface area (Å²) in [6.07, 6.45) is 14.1. The lowest BCUT2D eigenvalue weighted by molar-refractivity contribution is -0.143. The molecule has 0 unspecified atom stereocenters. The fourth-order valence-corrected chi connectivity index (χ4v) is 4.73. The average molecular weight is 720 g/mol. The highest BCUT2D eigenvalue weighted by molar-refractivity contribution is 5.84. The predicted octanol–water partition coefficient (Wildman–Crippen LogP) is 2.66. The van der Waals surface area contributed by atoms with Gasteiger partial charge in [-0.3, -0.25) is 19.2 Å². The first-order chi connectivity index (χ1) is 24.1. The van der Waals surface area contributed by atoms with Crippen molar-refractivity contribution in [3.8, 4) is 0 Å². The maximum atomic E-state index is 12.2. The molecule has 290 valence electrons. The summed E-state index contributed by atoms with van der Waals surface area (Å²) >= 11 is 0. The molecule has 50 heavy (non-hydrogen) atoms. The molecule has 0 aromatic carbocycles. The molecule has 16 heteroatoms. The Morgan fingerprint density at radius 1 is 0.440 bits per heavy atom. The van der Waals surface area contributed by atoms with E-state index in [1.54, 1.807) is 0 Å². The maximum Gasteiger partial charge on any atom is 0.329 e. The van der Waals surface area contributed by atoms with Crippen molar-refractivity contribution < 1.29 is 63.0 Å².